The molecular weight excluding hydrogens is 419 g/mol. The summed E-state index contributed by atoms with van der Waals surface area (Å²) in [5.41, 5.74) is 0. The highest BCUT2D eigenvalue weighted by molar-refractivity contribution is 14.0. The monoisotopic (exact) mass is 454 g/mol. The molecule has 7 heteroatoms. The third kappa shape index (κ3) is 11.1. The van der Waals surface area contributed by atoms with Gasteiger partial charge in [0.05, 0.1) is 0 Å². The smallest absolute Gasteiger partial charge is 0.224 e. The van der Waals surface area contributed by atoms with Gasteiger partial charge >= 0.3 is 0 Å². The number of guanidine groups is 1. The Labute approximate surface area is 164 Å². The summed E-state index contributed by atoms with van der Waals surface area (Å²) in [4.78, 5) is 18.3. The van der Waals surface area contributed by atoms with Gasteiger partial charge in [0, 0.05) is 52.4 Å². The molecule has 0 radical (unpaired) electrons. The van der Waals surface area contributed by atoms with Crippen LogP contribution in [0.1, 0.15) is 46.5 Å². The molecule has 0 heterocycles. The van der Waals surface area contributed by atoms with E-state index in [4.69, 9.17) is 4.74 Å². The van der Waals surface area contributed by atoms with E-state index in [2.05, 4.69) is 15.6 Å². The molecule has 1 aliphatic carbocycles. The summed E-state index contributed by atoms with van der Waals surface area (Å²) < 4.78 is 5.60. The van der Waals surface area contributed by atoms with Crippen LogP contribution in [-0.2, 0) is 9.53 Å². The minimum atomic E-state index is 0. The van der Waals surface area contributed by atoms with Crippen molar-refractivity contribution in [1.82, 2.24) is 15.5 Å². The molecule has 0 aliphatic heterocycles. The van der Waals surface area contributed by atoms with E-state index >= 15 is 0 Å². The van der Waals surface area contributed by atoms with Gasteiger partial charge in [-0.2, -0.15) is 0 Å². The molecule has 1 aliphatic rings. The summed E-state index contributed by atoms with van der Waals surface area (Å²) in [5.74, 6) is 1.79. The second-order valence-corrected chi connectivity index (χ2v) is 5.88. The fourth-order valence-electron chi connectivity index (χ4n) is 2.26. The second-order valence-electron chi connectivity index (χ2n) is 5.88. The van der Waals surface area contributed by atoms with Crippen LogP contribution in [0.5, 0.6) is 0 Å². The predicted octanol–water partition coefficient (Wildman–Crippen LogP) is 2.23. The Balaban J connectivity index is 0.00000529. The van der Waals surface area contributed by atoms with E-state index in [0.717, 1.165) is 57.7 Å². The van der Waals surface area contributed by atoms with Crippen LogP contribution in [0, 0.1) is 5.92 Å². The number of hydrogen-bond donors (Lipinski definition) is 2. The highest BCUT2D eigenvalue weighted by atomic mass is 127. The van der Waals surface area contributed by atoms with Crippen LogP contribution in [0.15, 0.2) is 4.99 Å². The Morgan fingerprint density at radius 1 is 1.21 bits per heavy atom. The molecule has 0 saturated heterocycles. The third-order valence-electron chi connectivity index (χ3n) is 3.86. The molecule has 0 unspecified atom stereocenters. The molecule has 142 valence electrons. The van der Waals surface area contributed by atoms with Crippen molar-refractivity contribution in [1.29, 1.82) is 0 Å². The average molecular weight is 454 g/mol. The Kier molecular flexibility index (Phi) is 14.4. The SMILES string of the molecule is CCNC(=NCCCOCC1CC1)NCCC(=O)N(CC)CC.I. The summed E-state index contributed by atoms with van der Waals surface area (Å²) >= 11 is 0. The van der Waals surface area contributed by atoms with Crippen LogP contribution in [0.2, 0.25) is 0 Å². The number of carbonyl (C=O) groups is 1. The number of ether oxygens (including phenoxy) is 1. The molecule has 0 aromatic carbocycles. The lowest BCUT2D eigenvalue weighted by molar-refractivity contribution is -0.130. The van der Waals surface area contributed by atoms with Gasteiger partial charge in [0.1, 0.15) is 0 Å². The molecule has 1 fully saturated rings. The number of aliphatic imine (C=N–C) groups is 1. The first kappa shape index (κ1) is 23.4. The van der Waals surface area contributed by atoms with Crippen LogP contribution < -0.4 is 10.6 Å². The first-order valence-electron chi connectivity index (χ1n) is 9.08. The molecule has 0 aromatic rings. The molecule has 2 N–H and O–H groups in total. The molecule has 1 amide bonds. The van der Waals surface area contributed by atoms with Crippen LogP contribution in [0.3, 0.4) is 0 Å². The number of nitrogens with zero attached hydrogens (tertiary/aromatic N) is 2. The standard InChI is InChI=1S/C17H34N4O2.HI/c1-4-18-17(19-11-7-13-23-14-15-8-9-15)20-12-10-16(22)21(5-2)6-3;/h15H,4-14H2,1-3H3,(H2,18,19,20);1H. The largest absolute Gasteiger partial charge is 0.381 e. The van der Waals surface area contributed by atoms with Gasteiger partial charge in [-0.15, -0.1) is 24.0 Å². The summed E-state index contributed by atoms with van der Waals surface area (Å²) in [6.07, 6.45) is 4.09. The maximum absolute atomic E-state index is 11.9. The first-order valence-corrected chi connectivity index (χ1v) is 9.08. The fourth-order valence-corrected chi connectivity index (χ4v) is 2.26. The number of hydrogen-bond acceptors (Lipinski definition) is 3. The van der Waals surface area contributed by atoms with Gasteiger partial charge in [-0.1, -0.05) is 0 Å². The quantitative estimate of drug-likeness (QED) is 0.206. The van der Waals surface area contributed by atoms with Gasteiger partial charge in [-0.3, -0.25) is 9.79 Å². The zero-order valence-electron chi connectivity index (χ0n) is 15.5. The molecular formula is C17H35IN4O2. The Morgan fingerprint density at radius 3 is 2.50 bits per heavy atom. The normalized spacial score (nSPS) is 14.0. The van der Waals surface area contributed by atoms with Crippen LogP contribution in [-0.4, -0.2) is 62.7 Å². The summed E-state index contributed by atoms with van der Waals surface area (Å²) in [5, 5.41) is 6.43. The Bertz CT molecular complexity index is 358. The number of carbonyl (C=O) groups excluding carboxylic acids is 1. The molecule has 1 saturated carbocycles. The van der Waals surface area contributed by atoms with E-state index in [9.17, 15) is 4.79 Å². The van der Waals surface area contributed by atoms with E-state index in [1.54, 1.807) is 0 Å². The molecule has 6 nitrogen and oxygen atoms in total. The van der Waals surface area contributed by atoms with E-state index in [-0.39, 0.29) is 29.9 Å². The van der Waals surface area contributed by atoms with E-state index in [1.807, 2.05) is 25.7 Å². The molecule has 0 atom stereocenters. The second kappa shape index (κ2) is 14.7. The predicted molar refractivity (Wildman–Crippen MR) is 110 cm³/mol. The van der Waals surface area contributed by atoms with Gasteiger partial charge < -0.3 is 20.3 Å². The lowest BCUT2D eigenvalue weighted by Crippen LogP contribution is -2.40. The highest BCUT2D eigenvalue weighted by Crippen LogP contribution is 2.28. The van der Waals surface area contributed by atoms with Crippen molar-refractivity contribution in [3.05, 3.63) is 0 Å². The van der Waals surface area contributed by atoms with Crippen molar-refractivity contribution in [2.75, 3.05) is 45.9 Å². The topological polar surface area (TPSA) is 66.0 Å². The van der Waals surface area contributed by atoms with Gasteiger partial charge in [0.15, 0.2) is 5.96 Å². The molecule has 0 aromatic heterocycles. The number of nitrogens with one attached hydrogen (secondary N) is 2. The van der Waals surface area contributed by atoms with E-state index in [1.165, 1.54) is 12.8 Å². The minimum absolute atomic E-state index is 0. The van der Waals surface area contributed by atoms with E-state index in [0.29, 0.717) is 13.0 Å². The molecule has 0 bridgehead atoms. The Morgan fingerprint density at radius 2 is 1.92 bits per heavy atom. The summed E-state index contributed by atoms with van der Waals surface area (Å²) in [6.45, 7) is 11.4. The molecule has 24 heavy (non-hydrogen) atoms. The van der Waals surface area contributed by atoms with Crippen molar-refractivity contribution in [2.45, 2.75) is 46.5 Å². The number of halogens is 1. The van der Waals surface area contributed by atoms with Crippen molar-refractivity contribution in [3.8, 4) is 0 Å². The zero-order chi connectivity index (χ0) is 16.9. The molecule has 1 rings (SSSR count). The van der Waals surface area contributed by atoms with Crippen molar-refractivity contribution in [3.63, 3.8) is 0 Å². The minimum Gasteiger partial charge on any atom is -0.381 e. The molecule has 0 spiro atoms. The lowest BCUT2D eigenvalue weighted by Gasteiger charge is -2.19. The maximum atomic E-state index is 11.9. The zero-order valence-corrected chi connectivity index (χ0v) is 17.8. The van der Waals surface area contributed by atoms with Crippen molar-refractivity contribution >= 4 is 35.8 Å². The van der Waals surface area contributed by atoms with Crippen LogP contribution >= 0.6 is 24.0 Å². The van der Waals surface area contributed by atoms with Gasteiger partial charge in [-0.25, -0.2) is 0 Å². The summed E-state index contributed by atoms with van der Waals surface area (Å²) in [7, 11) is 0. The maximum Gasteiger partial charge on any atom is 0.224 e. The lowest BCUT2D eigenvalue weighted by atomic mass is 10.3. The van der Waals surface area contributed by atoms with Crippen LogP contribution in [0.25, 0.3) is 0 Å². The summed E-state index contributed by atoms with van der Waals surface area (Å²) in [6, 6.07) is 0. The van der Waals surface area contributed by atoms with Crippen LogP contribution in [0.4, 0.5) is 0 Å². The third-order valence-corrected chi connectivity index (χ3v) is 3.86. The average Bonchev–Trinajstić information content (AvgIpc) is 3.36. The van der Waals surface area contributed by atoms with Gasteiger partial charge in [-0.05, 0) is 46.0 Å². The fraction of sp³-hybridized carbons (Fsp3) is 0.882. The highest BCUT2D eigenvalue weighted by Gasteiger charge is 2.20. The van der Waals surface area contributed by atoms with Crippen molar-refractivity contribution < 1.29 is 9.53 Å². The number of amides is 1. The van der Waals surface area contributed by atoms with Crippen molar-refractivity contribution in [2.24, 2.45) is 10.9 Å². The number of rotatable bonds is 12. The Hall–Kier alpha value is -0.570. The van der Waals surface area contributed by atoms with Gasteiger partial charge in [0.25, 0.3) is 0 Å². The first-order chi connectivity index (χ1) is 11.2. The van der Waals surface area contributed by atoms with E-state index < -0.39 is 0 Å². The van der Waals surface area contributed by atoms with Gasteiger partial charge in [0.2, 0.25) is 5.91 Å².